The van der Waals surface area contributed by atoms with E-state index < -0.39 is 0 Å². The number of rotatable bonds is 4. The lowest BCUT2D eigenvalue weighted by Gasteiger charge is -2.46. The summed E-state index contributed by atoms with van der Waals surface area (Å²) in [7, 11) is 0. The summed E-state index contributed by atoms with van der Waals surface area (Å²) in [6.07, 6.45) is 8.31. The van der Waals surface area contributed by atoms with Crippen molar-refractivity contribution in [3.05, 3.63) is 12.2 Å². The number of hydrogen-bond donors (Lipinski definition) is 1. The molecule has 2 fully saturated rings. The van der Waals surface area contributed by atoms with Crippen LogP contribution in [-0.4, -0.2) is 44.3 Å². The van der Waals surface area contributed by atoms with Gasteiger partial charge in [-0.1, -0.05) is 19.8 Å². The lowest BCUT2D eigenvalue weighted by Crippen LogP contribution is -2.62. The highest BCUT2D eigenvalue weighted by atomic mass is 15.4. The van der Waals surface area contributed by atoms with E-state index in [9.17, 15) is 0 Å². The number of aryl methyl sites for hydroxylation is 1. The molecular formula is C15H27N5. The van der Waals surface area contributed by atoms with Crippen LogP contribution in [0.15, 0.2) is 6.33 Å². The summed E-state index contributed by atoms with van der Waals surface area (Å²) in [5, 5.41) is 8.15. The molecule has 112 valence electrons. The highest BCUT2D eigenvalue weighted by molar-refractivity contribution is 5.02. The fraction of sp³-hybridized carbons (Fsp3) is 0.867. The Labute approximate surface area is 121 Å². The van der Waals surface area contributed by atoms with Crippen LogP contribution in [0.3, 0.4) is 0 Å². The maximum Gasteiger partial charge on any atom is 0.141 e. The molecule has 3 rings (SSSR count). The van der Waals surface area contributed by atoms with Gasteiger partial charge in [-0.25, -0.2) is 9.67 Å². The van der Waals surface area contributed by atoms with Crippen LogP contribution in [0.2, 0.25) is 0 Å². The SMILES string of the molecule is CCC1CNC2(CCCC2)CN1Cc1ncnn1CC. The second kappa shape index (κ2) is 5.82. The minimum atomic E-state index is 0.378. The van der Waals surface area contributed by atoms with Crippen LogP contribution < -0.4 is 5.32 Å². The van der Waals surface area contributed by atoms with E-state index in [2.05, 4.69) is 34.1 Å². The average molecular weight is 277 g/mol. The average Bonchev–Trinajstić information content (AvgIpc) is 3.09. The van der Waals surface area contributed by atoms with Gasteiger partial charge in [-0.15, -0.1) is 0 Å². The van der Waals surface area contributed by atoms with E-state index in [1.807, 2.05) is 4.68 Å². The maximum atomic E-state index is 4.45. The van der Waals surface area contributed by atoms with E-state index in [-0.39, 0.29) is 0 Å². The molecule has 1 unspecified atom stereocenters. The van der Waals surface area contributed by atoms with E-state index in [0.29, 0.717) is 11.6 Å². The molecule has 0 amide bonds. The summed E-state index contributed by atoms with van der Waals surface area (Å²) >= 11 is 0. The van der Waals surface area contributed by atoms with Gasteiger partial charge in [0.25, 0.3) is 0 Å². The van der Waals surface area contributed by atoms with Crippen LogP contribution in [0.1, 0.15) is 51.8 Å². The Hall–Kier alpha value is -0.940. The van der Waals surface area contributed by atoms with Crippen LogP contribution >= 0.6 is 0 Å². The molecule has 5 heteroatoms. The van der Waals surface area contributed by atoms with Crippen LogP contribution in [0.25, 0.3) is 0 Å². The Morgan fingerprint density at radius 1 is 1.35 bits per heavy atom. The van der Waals surface area contributed by atoms with Gasteiger partial charge < -0.3 is 5.32 Å². The predicted molar refractivity (Wildman–Crippen MR) is 79.4 cm³/mol. The van der Waals surface area contributed by atoms with Gasteiger partial charge in [0.2, 0.25) is 0 Å². The smallest absolute Gasteiger partial charge is 0.141 e. The van der Waals surface area contributed by atoms with Crippen molar-refractivity contribution in [2.75, 3.05) is 13.1 Å². The first kappa shape index (κ1) is 14.0. The fourth-order valence-electron chi connectivity index (χ4n) is 3.87. The van der Waals surface area contributed by atoms with Gasteiger partial charge in [0.15, 0.2) is 0 Å². The van der Waals surface area contributed by atoms with Crippen molar-refractivity contribution in [1.82, 2.24) is 25.0 Å². The molecule has 1 saturated heterocycles. The lowest BCUT2D eigenvalue weighted by atomic mass is 9.91. The van der Waals surface area contributed by atoms with Gasteiger partial charge in [-0.2, -0.15) is 5.10 Å². The third kappa shape index (κ3) is 2.61. The molecule has 1 aliphatic heterocycles. The van der Waals surface area contributed by atoms with Gasteiger partial charge in [0.05, 0.1) is 6.54 Å². The Bertz CT molecular complexity index is 435. The van der Waals surface area contributed by atoms with Gasteiger partial charge in [-0.05, 0) is 26.2 Å². The zero-order valence-corrected chi connectivity index (χ0v) is 12.8. The first-order valence-corrected chi connectivity index (χ1v) is 8.12. The predicted octanol–water partition coefficient (Wildman–Crippen LogP) is 1.79. The zero-order valence-electron chi connectivity index (χ0n) is 12.8. The normalized spacial score (nSPS) is 26.4. The standard InChI is InChI=1S/C15H27N5/c1-3-13-9-17-15(7-5-6-8-15)11-19(13)10-14-16-12-18-20(14)4-2/h12-13,17H,3-11H2,1-2H3. The third-order valence-electron chi connectivity index (χ3n) is 5.11. The Morgan fingerprint density at radius 2 is 2.15 bits per heavy atom. The van der Waals surface area contributed by atoms with Crippen LogP contribution in [0.5, 0.6) is 0 Å². The van der Waals surface area contributed by atoms with Crippen molar-refractivity contribution < 1.29 is 0 Å². The van der Waals surface area contributed by atoms with Gasteiger partial charge >= 0.3 is 0 Å². The molecule has 1 N–H and O–H groups in total. The monoisotopic (exact) mass is 277 g/mol. The molecule has 5 nitrogen and oxygen atoms in total. The van der Waals surface area contributed by atoms with Crippen molar-refractivity contribution in [1.29, 1.82) is 0 Å². The van der Waals surface area contributed by atoms with Crippen molar-refractivity contribution in [2.45, 2.75) is 70.6 Å². The minimum absolute atomic E-state index is 0.378. The molecule has 20 heavy (non-hydrogen) atoms. The molecule has 0 radical (unpaired) electrons. The molecule has 1 atom stereocenters. The zero-order chi connectivity index (χ0) is 14.0. The quantitative estimate of drug-likeness (QED) is 0.911. The minimum Gasteiger partial charge on any atom is -0.308 e. The molecule has 1 aromatic heterocycles. The fourth-order valence-corrected chi connectivity index (χ4v) is 3.87. The summed E-state index contributed by atoms with van der Waals surface area (Å²) in [4.78, 5) is 7.09. The first-order valence-electron chi connectivity index (χ1n) is 8.12. The molecule has 1 spiro atoms. The molecular weight excluding hydrogens is 250 g/mol. The molecule has 2 heterocycles. The number of aromatic nitrogens is 3. The van der Waals surface area contributed by atoms with Crippen molar-refractivity contribution in [3.63, 3.8) is 0 Å². The third-order valence-corrected chi connectivity index (χ3v) is 5.11. The largest absolute Gasteiger partial charge is 0.308 e. The van der Waals surface area contributed by atoms with E-state index in [4.69, 9.17) is 0 Å². The summed E-state index contributed by atoms with van der Waals surface area (Å²) < 4.78 is 2.02. The Morgan fingerprint density at radius 3 is 2.85 bits per heavy atom. The molecule has 2 aliphatic rings. The number of nitrogens with one attached hydrogen (secondary N) is 1. The van der Waals surface area contributed by atoms with Crippen molar-refractivity contribution in [3.8, 4) is 0 Å². The lowest BCUT2D eigenvalue weighted by molar-refractivity contribution is 0.0684. The number of nitrogens with zero attached hydrogens (tertiary/aromatic N) is 4. The van der Waals surface area contributed by atoms with Crippen molar-refractivity contribution >= 4 is 0 Å². The summed E-state index contributed by atoms with van der Waals surface area (Å²) in [5.74, 6) is 1.11. The first-order chi connectivity index (χ1) is 9.76. The van der Waals surface area contributed by atoms with E-state index in [0.717, 1.165) is 25.5 Å². The second-order valence-corrected chi connectivity index (χ2v) is 6.33. The van der Waals surface area contributed by atoms with Gasteiger partial charge in [0, 0.05) is 31.2 Å². The topological polar surface area (TPSA) is 46.0 Å². The van der Waals surface area contributed by atoms with Gasteiger partial charge in [0.1, 0.15) is 12.2 Å². The summed E-state index contributed by atoms with van der Waals surface area (Å²) in [5.41, 5.74) is 0.378. The molecule has 1 saturated carbocycles. The Kier molecular flexibility index (Phi) is 4.08. The molecule has 0 bridgehead atoms. The highest BCUT2D eigenvalue weighted by Crippen LogP contribution is 2.34. The molecule has 1 aromatic rings. The summed E-state index contributed by atoms with van der Waals surface area (Å²) in [6.45, 7) is 8.56. The maximum absolute atomic E-state index is 4.45. The van der Waals surface area contributed by atoms with Crippen molar-refractivity contribution in [2.24, 2.45) is 0 Å². The Balaban J connectivity index is 1.74. The summed E-state index contributed by atoms with van der Waals surface area (Å²) in [6, 6.07) is 0.628. The van der Waals surface area contributed by atoms with E-state index in [1.54, 1.807) is 6.33 Å². The van der Waals surface area contributed by atoms with Crippen LogP contribution in [0, 0.1) is 0 Å². The highest BCUT2D eigenvalue weighted by Gasteiger charge is 2.40. The second-order valence-electron chi connectivity index (χ2n) is 6.33. The van der Waals surface area contributed by atoms with E-state index in [1.165, 1.54) is 38.6 Å². The molecule has 1 aliphatic carbocycles. The van der Waals surface area contributed by atoms with Crippen LogP contribution in [0.4, 0.5) is 0 Å². The van der Waals surface area contributed by atoms with Gasteiger partial charge in [-0.3, -0.25) is 4.90 Å². The van der Waals surface area contributed by atoms with E-state index >= 15 is 0 Å². The number of hydrogen-bond acceptors (Lipinski definition) is 4. The molecule has 0 aromatic carbocycles. The number of piperazine rings is 1. The van der Waals surface area contributed by atoms with Crippen LogP contribution in [-0.2, 0) is 13.1 Å².